The third-order valence-corrected chi connectivity index (χ3v) is 3.82. The number of aromatic nitrogens is 3. The van der Waals surface area contributed by atoms with Crippen molar-refractivity contribution < 1.29 is 9.72 Å². The Morgan fingerprint density at radius 1 is 1.08 bits per heavy atom. The molecule has 2 aromatic carbocycles. The van der Waals surface area contributed by atoms with Crippen molar-refractivity contribution in [3.05, 3.63) is 82.7 Å². The summed E-state index contributed by atoms with van der Waals surface area (Å²) in [6.07, 6.45) is 1.88. The molecule has 0 radical (unpaired) electrons. The highest BCUT2D eigenvalue weighted by Gasteiger charge is 2.20. The number of rotatable bonds is 7. The number of nitro groups is 1. The Kier molecular flexibility index (Phi) is 5.33. The number of anilines is 1. The van der Waals surface area contributed by atoms with Crippen molar-refractivity contribution in [2.45, 2.75) is 13.0 Å². The number of benzene rings is 2. The number of amides is 1. The average Bonchev–Trinajstić information content (AvgIpc) is 3.12. The van der Waals surface area contributed by atoms with E-state index in [1.54, 1.807) is 4.90 Å². The first kappa shape index (κ1) is 17.3. The molecule has 3 aromatic rings. The van der Waals surface area contributed by atoms with E-state index in [-0.39, 0.29) is 12.5 Å². The fraction of sp³-hybridized carbons (Fsp3) is 0.167. The highest BCUT2D eigenvalue weighted by molar-refractivity contribution is 5.93. The molecule has 1 heterocycles. The minimum atomic E-state index is -0.689. The van der Waals surface area contributed by atoms with Crippen molar-refractivity contribution in [3.63, 3.8) is 0 Å². The maximum absolute atomic E-state index is 12.8. The molecule has 3 rings (SSSR count). The lowest BCUT2D eigenvalue weighted by atomic mass is 10.1. The second-order valence-electron chi connectivity index (χ2n) is 5.62. The van der Waals surface area contributed by atoms with E-state index < -0.39 is 10.9 Å². The van der Waals surface area contributed by atoms with Crippen LogP contribution in [0.3, 0.4) is 0 Å². The second kappa shape index (κ2) is 8.02. The monoisotopic (exact) mass is 351 g/mol. The van der Waals surface area contributed by atoms with Crippen LogP contribution in [0.2, 0.25) is 0 Å². The summed E-state index contributed by atoms with van der Waals surface area (Å²) in [6, 6.07) is 19.2. The molecule has 0 aliphatic rings. The van der Waals surface area contributed by atoms with E-state index in [0.29, 0.717) is 13.0 Å². The fourth-order valence-corrected chi connectivity index (χ4v) is 2.56. The zero-order chi connectivity index (χ0) is 18.4. The largest absolute Gasteiger partial charge is 0.490 e. The van der Waals surface area contributed by atoms with Gasteiger partial charge in [-0.15, -0.1) is 0 Å². The predicted octanol–water partition coefficient (Wildman–Crippen LogP) is 2.46. The van der Waals surface area contributed by atoms with Gasteiger partial charge in [-0.3, -0.25) is 4.79 Å². The first-order chi connectivity index (χ1) is 12.6. The number of hydrogen-bond donors (Lipinski definition) is 0. The smallest absolute Gasteiger partial charge is 0.390 e. The topological polar surface area (TPSA) is 94.2 Å². The third-order valence-electron chi connectivity index (χ3n) is 3.82. The molecule has 0 fully saturated rings. The van der Waals surface area contributed by atoms with E-state index in [9.17, 15) is 14.9 Å². The van der Waals surface area contributed by atoms with Crippen molar-refractivity contribution in [1.82, 2.24) is 14.8 Å². The lowest BCUT2D eigenvalue weighted by Gasteiger charge is -2.22. The molecule has 0 aliphatic carbocycles. The van der Waals surface area contributed by atoms with Crippen LogP contribution in [0.4, 0.5) is 11.6 Å². The Bertz CT molecular complexity index is 880. The SMILES string of the molecule is O=C(Cn1cnc([N+](=O)[O-])n1)N(CCc1ccccc1)c1ccccc1. The maximum Gasteiger partial charge on any atom is 0.490 e. The highest BCUT2D eigenvalue weighted by Crippen LogP contribution is 2.15. The third kappa shape index (κ3) is 4.29. The number of nitrogens with zero attached hydrogens (tertiary/aromatic N) is 5. The number of para-hydroxylation sites is 1. The van der Waals surface area contributed by atoms with Gasteiger partial charge < -0.3 is 15.0 Å². The van der Waals surface area contributed by atoms with Crippen LogP contribution in [0, 0.1) is 10.1 Å². The summed E-state index contributed by atoms with van der Waals surface area (Å²) in [6.45, 7) is 0.369. The Morgan fingerprint density at radius 2 is 1.73 bits per heavy atom. The Morgan fingerprint density at radius 3 is 2.35 bits per heavy atom. The van der Waals surface area contributed by atoms with Crippen molar-refractivity contribution in [2.24, 2.45) is 0 Å². The normalized spacial score (nSPS) is 10.5. The molecule has 0 unspecified atom stereocenters. The second-order valence-corrected chi connectivity index (χ2v) is 5.62. The van der Waals surface area contributed by atoms with Gasteiger partial charge >= 0.3 is 5.95 Å². The minimum Gasteiger partial charge on any atom is -0.390 e. The standard InChI is InChI=1S/C18H17N5O3/c24-17(13-21-14-19-18(20-21)23(25)26)22(16-9-5-2-6-10-16)12-11-15-7-3-1-4-8-15/h1-10,14H,11-13H2. The molecule has 0 N–H and O–H groups in total. The molecule has 132 valence electrons. The van der Waals surface area contributed by atoms with Crippen molar-refractivity contribution in [1.29, 1.82) is 0 Å². The van der Waals surface area contributed by atoms with E-state index in [1.807, 2.05) is 60.7 Å². The van der Waals surface area contributed by atoms with Gasteiger partial charge in [-0.25, -0.2) is 0 Å². The summed E-state index contributed by atoms with van der Waals surface area (Å²) in [5, 5.41) is 14.4. The zero-order valence-electron chi connectivity index (χ0n) is 13.9. The molecule has 0 atom stereocenters. The zero-order valence-corrected chi connectivity index (χ0v) is 13.9. The Labute approximate surface area is 149 Å². The fourth-order valence-electron chi connectivity index (χ4n) is 2.56. The summed E-state index contributed by atoms with van der Waals surface area (Å²) in [4.78, 5) is 28.0. The molecule has 26 heavy (non-hydrogen) atoms. The first-order valence-corrected chi connectivity index (χ1v) is 8.06. The predicted molar refractivity (Wildman–Crippen MR) is 95.6 cm³/mol. The number of carbonyl (C=O) groups excluding carboxylic acids is 1. The van der Waals surface area contributed by atoms with Gasteiger partial charge in [0.15, 0.2) is 0 Å². The maximum atomic E-state index is 12.8. The molecule has 1 aromatic heterocycles. The van der Waals surface area contributed by atoms with Crippen LogP contribution >= 0.6 is 0 Å². The van der Waals surface area contributed by atoms with Crippen LogP contribution in [0.15, 0.2) is 67.0 Å². The van der Waals surface area contributed by atoms with Crippen LogP contribution in [0.1, 0.15) is 5.56 Å². The summed E-state index contributed by atoms with van der Waals surface area (Å²) in [5.74, 6) is -0.736. The minimum absolute atomic E-state index is 0.121. The summed E-state index contributed by atoms with van der Waals surface area (Å²) < 4.78 is 1.18. The Balaban J connectivity index is 1.75. The van der Waals surface area contributed by atoms with Crippen molar-refractivity contribution in [3.8, 4) is 0 Å². The molecular formula is C18H17N5O3. The quantitative estimate of drug-likeness (QED) is 0.481. The average molecular weight is 351 g/mol. The van der Waals surface area contributed by atoms with Crippen LogP contribution in [-0.4, -0.2) is 32.1 Å². The molecule has 8 nitrogen and oxygen atoms in total. The molecule has 1 amide bonds. The van der Waals surface area contributed by atoms with Gasteiger partial charge in [0.2, 0.25) is 12.2 Å². The van der Waals surface area contributed by atoms with Crippen LogP contribution in [-0.2, 0) is 17.8 Å². The van der Waals surface area contributed by atoms with E-state index >= 15 is 0 Å². The molecular weight excluding hydrogens is 334 g/mol. The lowest BCUT2D eigenvalue weighted by molar-refractivity contribution is -0.394. The Hall–Kier alpha value is -3.55. The lowest BCUT2D eigenvalue weighted by Crippen LogP contribution is -2.35. The van der Waals surface area contributed by atoms with Crippen LogP contribution in [0.5, 0.6) is 0 Å². The van der Waals surface area contributed by atoms with Gasteiger partial charge in [0.1, 0.15) is 6.54 Å². The molecule has 0 spiro atoms. The molecule has 0 aliphatic heterocycles. The van der Waals surface area contributed by atoms with E-state index in [4.69, 9.17) is 0 Å². The van der Waals surface area contributed by atoms with Gasteiger partial charge in [-0.2, -0.15) is 4.68 Å². The van der Waals surface area contributed by atoms with E-state index in [1.165, 1.54) is 11.0 Å². The van der Waals surface area contributed by atoms with Crippen molar-refractivity contribution in [2.75, 3.05) is 11.4 Å². The van der Waals surface area contributed by atoms with E-state index in [0.717, 1.165) is 11.3 Å². The summed E-state index contributed by atoms with van der Waals surface area (Å²) in [5.41, 5.74) is 1.89. The molecule has 8 heteroatoms. The van der Waals surface area contributed by atoms with Crippen LogP contribution < -0.4 is 4.90 Å². The van der Waals surface area contributed by atoms with Gasteiger partial charge in [-0.05, 0) is 29.0 Å². The first-order valence-electron chi connectivity index (χ1n) is 8.06. The van der Waals surface area contributed by atoms with E-state index in [2.05, 4.69) is 10.1 Å². The number of carbonyl (C=O) groups is 1. The number of hydrogen-bond acceptors (Lipinski definition) is 5. The van der Waals surface area contributed by atoms with Gasteiger partial charge in [0.05, 0.1) is 0 Å². The van der Waals surface area contributed by atoms with Crippen molar-refractivity contribution >= 4 is 17.5 Å². The molecule has 0 saturated heterocycles. The van der Waals surface area contributed by atoms with Gasteiger partial charge in [-0.1, -0.05) is 53.5 Å². The van der Waals surface area contributed by atoms with Gasteiger partial charge in [0.25, 0.3) is 0 Å². The van der Waals surface area contributed by atoms with Gasteiger partial charge in [0, 0.05) is 17.3 Å². The van der Waals surface area contributed by atoms with Crippen LogP contribution in [0.25, 0.3) is 0 Å². The summed E-state index contributed by atoms with van der Waals surface area (Å²) in [7, 11) is 0. The summed E-state index contributed by atoms with van der Waals surface area (Å²) >= 11 is 0. The molecule has 0 saturated carbocycles. The molecule has 0 bridgehead atoms. The highest BCUT2D eigenvalue weighted by atomic mass is 16.6.